The third-order valence-electron chi connectivity index (χ3n) is 14.2. The number of rotatable bonds is 32. The number of H-pyrrole nitrogens is 1. The maximum Gasteiger partial charge on any atom is 0.316 e. The van der Waals surface area contributed by atoms with E-state index in [0.29, 0.717) is 50.3 Å². The van der Waals surface area contributed by atoms with E-state index in [2.05, 4.69) is 78.1 Å². The average molecular weight is 1270 g/mol. The topological polar surface area (TPSA) is 419 Å². The monoisotopic (exact) mass is 1260 g/mol. The van der Waals surface area contributed by atoms with Gasteiger partial charge in [0, 0.05) is 65.0 Å². The number of para-hydroxylation sites is 1. The second-order valence-electron chi connectivity index (χ2n) is 20.9. The highest BCUT2D eigenvalue weighted by Crippen LogP contribution is 2.21. The van der Waals surface area contributed by atoms with Gasteiger partial charge in [0.15, 0.2) is 0 Å². The van der Waals surface area contributed by atoms with Crippen molar-refractivity contribution < 1.29 is 53.1 Å². The highest BCUT2D eigenvalue weighted by Gasteiger charge is 2.36. The van der Waals surface area contributed by atoms with Crippen LogP contribution in [0, 0.1) is 0 Å². The van der Waals surface area contributed by atoms with Crippen molar-refractivity contribution in [1.82, 2.24) is 47.5 Å². The molecule has 0 aliphatic heterocycles. The molecule has 1 aromatic heterocycles. The maximum absolute atomic E-state index is 14.9. The lowest BCUT2D eigenvalue weighted by Crippen LogP contribution is -2.62. The number of unbranched alkanes of at least 4 members (excludes halogenated alkanes) is 1. The van der Waals surface area contributed by atoms with E-state index in [-0.39, 0.29) is 56.6 Å². The number of halogens is 1. The first-order chi connectivity index (χ1) is 42.0. The van der Waals surface area contributed by atoms with Crippen LogP contribution in [0.1, 0.15) is 48.4 Å². The molecule has 0 aliphatic rings. The summed E-state index contributed by atoms with van der Waals surface area (Å²) in [5.74, 6) is -7.79. The standard InChI is InChI=1S/C60H73ClN14O11S2/c1-32(76)50(58(84)73-49(31-88)56(82)69-44(51(63)77)27-35-13-18-36-8-2-3-9-37(36)24-35)75-52(78)43(12-6-7-23-62)68-55(81)47(28-38-29-66-42-11-5-4-10-41(38)42)71-53(79)45(25-34-16-21-40(22-17-34)67-59(64)85)70-57(83)48(30-87)72-54(80)46(74-60(65)86)26-33-14-19-39(61)20-15-33/h2-5,8-11,13-22,24,29,32,43-50,66,76,87-88H,6-7,12,23,25-28,30-31,62H2,1H3,(H2,63,77)(H,68,81)(H,69,82)(H,70,83)(H,71,79)(H,72,80)(H,73,84)(H,75,78)(H3,64,67,85)(H3,65,74,86)/t32-,43+,44+,45+,46+,47-,48-,49+,50+/m1/s1. The number of primary amides is 3. The summed E-state index contributed by atoms with van der Waals surface area (Å²) in [5.41, 5.74) is 25.6. The van der Waals surface area contributed by atoms with Crippen molar-refractivity contribution in [3.63, 3.8) is 0 Å². The molecule has 25 nitrogen and oxygen atoms in total. The fourth-order valence-corrected chi connectivity index (χ4v) is 10.2. The Bertz CT molecular complexity index is 3450. The molecule has 12 amide bonds. The number of aromatic amines is 1. The van der Waals surface area contributed by atoms with Gasteiger partial charge in [0.05, 0.1) is 6.10 Å². The first-order valence-electron chi connectivity index (χ1n) is 28.1. The molecular formula is C60H73ClN14O11S2. The second-order valence-corrected chi connectivity index (χ2v) is 22.0. The van der Waals surface area contributed by atoms with Gasteiger partial charge in [-0.05, 0) is 96.1 Å². The first kappa shape index (κ1) is 68.2. The minimum atomic E-state index is -1.73. The average Bonchev–Trinajstić information content (AvgIpc) is 3.94. The number of thiol groups is 2. The number of hydrogen-bond donors (Lipinski definition) is 17. The minimum Gasteiger partial charge on any atom is -0.391 e. The molecule has 0 spiro atoms. The zero-order chi connectivity index (χ0) is 64.0. The Morgan fingerprint density at radius 1 is 0.511 bits per heavy atom. The molecule has 0 saturated heterocycles. The highest BCUT2D eigenvalue weighted by atomic mass is 35.5. The first-order valence-corrected chi connectivity index (χ1v) is 29.7. The van der Waals surface area contributed by atoms with Crippen LogP contribution in [0.4, 0.5) is 15.3 Å². The summed E-state index contributed by atoms with van der Waals surface area (Å²) in [6.07, 6.45) is 0.167. The largest absolute Gasteiger partial charge is 0.391 e. The van der Waals surface area contributed by atoms with E-state index in [1.807, 2.05) is 36.4 Å². The summed E-state index contributed by atoms with van der Waals surface area (Å²) in [6.45, 7) is 1.42. The number of hydrogen-bond acceptors (Lipinski definition) is 14. The summed E-state index contributed by atoms with van der Waals surface area (Å²) in [4.78, 5) is 139. The van der Waals surface area contributed by atoms with Gasteiger partial charge in [-0.2, -0.15) is 25.3 Å². The van der Waals surface area contributed by atoms with E-state index in [0.717, 1.165) is 10.8 Å². The molecule has 6 rings (SSSR count). The number of amides is 12. The van der Waals surface area contributed by atoms with E-state index >= 15 is 0 Å². The van der Waals surface area contributed by atoms with Crippen molar-refractivity contribution in [2.45, 2.75) is 106 Å². The number of carbonyl (C=O) groups is 10. The number of aliphatic hydroxyl groups is 1. The van der Waals surface area contributed by atoms with E-state index in [1.165, 1.54) is 19.1 Å². The Labute approximate surface area is 522 Å². The van der Waals surface area contributed by atoms with Crippen molar-refractivity contribution in [3.8, 4) is 0 Å². The van der Waals surface area contributed by atoms with Gasteiger partial charge >= 0.3 is 12.1 Å². The number of anilines is 1. The third-order valence-corrected chi connectivity index (χ3v) is 15.2. The predicted octanol–water partition coefficient (Wildman–Crippen LogP) is 1.02. The van der Waals surface area contributed by atoms with Crippen LogP contribution in [0.2, 0.25) is 5.02 Å². The molecule has 0 fully saturated rings. The number of nitrogens with one attached hydrogen (secondary N) is 10. The number of aliphatic hydroxyl groups excluding tert-OH is 1. The van der Waals surface area contributed by atoms with Crippen molar-refractivity contribution in [3.05, 3.63) is 149 Å². The van der Waals surface area contributed by atoms with Crippen molar-refractivity contribution in [2.75, 3.05) is 23.4 Å². The molecule has 1 heterocycles. The van der Waals surface area contributed by atoms with Crippen LogP contribution < -0.4 is 70.8 Å². The number of benzene rings is 5. The van der Waals surface area contributed by atoms with Gasteiger partial charge in [-0.15, -0.1) is 0 Å². The van der Waals surface area contributed by atoms with Gasteiger partial charge in [-0.1, -0.05) is 96.5 Å². The van der Waals surface area contributed by atoms with Gasteiger partial charge in [0.2, 0.25) is 47.3 Å². The van der Waals surface area contributed by atoms with Gasteiger partial charge in [0.1, 0.15) is 48.3 Å². The number of fused-ring (bicyclic) bond motifs is 2. The molecule has 0 unspecified atom stereocenters. The number of aromatic nitrogens is 1. The van der Waals surface area contributed by atoms with Crippen molar-refractivity contribution >= 4 is 124 Å². The highest BCUT2D eigenvalue weighted by molar-refractivity contribution is 7.80. The third kappa shape index (κ3) is 20.4. The lowest BCUT2D eigenvalue weighted by Gasteiger charge is -2.28. The summed E-state index contributed by atoms with van der Waals surface area (Å²) in [5, 5.41) is 37.0. The Morgan fingerprint density at radius 2 is 0.989 bits per heavy atom. The van der Waals surface area contributed by atoms with Crippen molar-refractivity contribution in [1.29, 1.82) is 0 Å². The Kier molecular flexibility index (Phi) is 25.8. The van der Waals surface area contributed by atoms with E-state index in [1.54, 1.807) is 72.9 Å². The maximum atomic E-state index is 14.9. The number of urea groups is 2. The van der Waals surface area contributed by atoms with Crippen LogP contribution in [-0.2, 0) is 64.0 Å². The van der Waals surface area contributed by atoms with Gasteiger partial charge < -0.3 is 80.9 Å². The molecule has 468 valence electrons. The van der Waals surface area contributed by atoms with Gasteiger partial charge in [-0.25, -0.2) is 9.59 Å². The molecular weight excluding hydrogens is 1190 g/mol. The smallest absolute Gasteiger partial charge is 0.316 e. The normalized spacial score (nSPS) is 14.2. The molecule has 6 aromatic rings. The van der Waals surface area contributed by atoms with Gasteiger partial charge in [0.25, 0.3) is 0 Å². The molecule has 19 N–H and O–H groups in total. The molecule has 5 aromatic carbocycles. The minimum absolute atomic E-state index is 0.0190. The second kappa shape index (κ2) is 33.3. The van der Waals surface area contributed by atoms with Crippen LogP contribution in [0.3, 0.4) is 0 Å². The Hall–Kier alpha value is -8.89. The molecule has 0 saturated carbocycles. The summed E-state index contributed by atoms with van der Waals surface area (Å²) in [6, 6.07) is 19.4. The summed E-state index contributed by atoms with van der Waals surface area (Å²) >= 11 is 14.6. The lowest BCUT2D eigenvalue weighted by molar-refractivity contribution is -0.136. The summed E-state index contributed by atoms with van der Waals surface area (Å²) < 4.78 is 0. The summed E-state index contributed by atoms with van der Waals surface area (Å²) in [7, 11) is 0. The van der Waals surface area contributed by atoms with Crippen LogP contribution in [0.15, 0.2) is 121 Å². The molecule has 0 radical (unpaired) electrons. The zero-order valence-electron chi connectivity index (χ0n) is 47.9. The fraction of sp³-hybridized carbons (Fsp3) is 0.333. The molecule has 88 heavy (non-hydrogen) atoms. The molecule has 0 bridgehead atoms. The van der Waals surface area contributed by atoms with E-state index in [4.69, 9.17) is 34.5 Å². The van der Waals surface area contributed by atoms with Crippen molar-refractivity contribution in [2.24, 2.45) is 22.9 Å². The van der Waals surface area contributed by atoms with Crippen LogP contribution in [0.5, 0.6) is 0 Å². The van der Waals surface area contributed by atoms with Crippen LogP contribution >= 0.6 is 36.9 Å². The lowest BCUT2D eigenvalue weighted by atomic mass is 10.0. The fourth-order valence-electron chi connectivity index (χ4n) is 9.53. The molecule has 0 aliphatic carbocycles. The quantitative estimate of drug-likeness (QED) is 0.0208. The van der Waals surface area contributed by atoms with Crippen LogP contribution in [-0.4, -0.2) is 142 Å². The number of carbonyl (C=O) groups excluding carboxylic acids is 10. The Morgan fingerprint density at radius 3 is 1.56 bits per heavy atom. The molecule has 28 heteroatoms. The van der Waals surface area contributed by atoms with Gasteiger partial charge in [-0.3, -0.25) is 38.4 Å². The zero-order valence-corrected chi connectivity index (χ0v) is 50.5. The van der Waals surface area contributed by atoms with E-state index < -0.39 is 114 Å². The molecule has 9 atom stereocenters. The van der Waals surface area contributed by atoms with E-state index in [9.17, 15) is 53.1 Å². The SMILES string of the molecule is C[C@@H](O)[C@H](NC(=O)[C@H](CCCCN)NC(=O)[C@@H](Cc1c[nH]c2ccccc12)NC(=O)[C@H](Cc1ccc(NC(N)=O)cc1)NC(=O)[C@@H](CS)NC(=O)[C@H](Cc1ccc(Cl)cc1)NC(N)=O)C(=O)N[C@@H](CS)C(=O)N[C@@H](Cc1ccc2ccccc2c1)C(N)=O. The predicted molar refractivity (Wildman–Crippen MR) is 340 cm³/mol. The number of nitrogens with two attached hydrogens (primary N) is 4. The van der Waals surface area contributed by atoms with Crippen LogP contribution in [0.25, 0.3) is 21.7 Å². The Balaban J connectivity index is 1.24.